The second-order valence-electron chi connectivity index (χ2n) is 6.56. The van der Waals surface area contributed by atoms with Gasteiger partial charge in [-0.15, -0.1) is 0 Å². The summed E-state index contributed by atoms with van der Waals surface area (Å²) in [5.74, 6) is -0.546. The van der Waals surface area contributed by atoms with Crippen LogP contribution in [0.3, 0.4) is 0 Å². The lowest BCUT2D eigenvalue weighted by molar-refractivity contribution is 0.102. The van der Waals surface area contributed by atoms with Gasteiger partial charge in [-0.2, -0.15) is 0 Å². The first-order chi connectivity index (χ1) is 13.9. The minimum absolute atomic E-state index is 0.0694. The fraction of sp³-hybridized carbons (Fsp3) is 0.0476. The van der Waals surface area contributed by atoms with Crippen molar-refractivity contribution in [1.29, 1.82) is 0 Å². The molecule has 1 heterocycles. The van der Waals surface area contributed by atoms with E-state index in [1.54, 1.807) is 66.7 Å². The van der Waals surface area contributed by atoms with Gasteiger partial charge in [-0.05, 0) is 42.0 Å². The number of H-pyrrole nitrogens is 1. The van der Waals surface area contributed by atoms with Crippen molar-refractivity contribution in [2.24, 2.45) is 0 Å². The SMILES string of the molecule is Nc1ccccc1NC(=O)c1ccc(CS(=O)(=O)c2nc3ccccc3[nH]2)cc1. The van der Waals surface area contributed by atoms with E-state index in [4.69, 9.17) is 5.73 Å². The highest BCUT2D eigenvalue weighted by atomic mass is 32.2. The van der Waals surface area contributed by atoms with E-state index in [-0.39, 0.29) is 16.8 Å². The monoisotopic (exact) mass is 406 g/mol. The molecule has 0 bridgehead atoms. The van der Waals surface area contributed by atoms with Gasteiger partial charge in [0.1, 0.15) is 0 Å². The zero-order valence-electron chi connectivity index (χ0n) is 15.3. The second-order valence-corrected chi connectivity index (χ2v) is 8.46. The lowest BCUT2D eigenvalue weighted by atomic mass is 10.1. The first kappa shape index (κ1) is 18.7. The largest absolute Gasteiger partial charge is 0.397 e. The van der Waals surface area contributed by atoms with E-state index in [1.807, 2.05) is 6.07 Å². The van der Waals surface area contributed by atoms with Crippen molar-refractivity contribution in [2.45, 2.75) is 10.9 Å². The van der Waals surface area contributed by atoms with Gasteiger partial charge >= 0.3 is 0 Å². The number of benzene rings is 3. The van der Waals surface area contributed by atoms with E-state index in [0.29, 0.717) is 33.5 Å². The number of rotatable bonds is 5. The molecule has 146 valence electrons. The molecule has 0 unspecified atom stereocenters. The lowest BCUT2D eigenvalue weighted by Crippen LogP contribution is -2.13. The number of anilines is 2. The van der Waals surface area contributed by atoms with Crippen molar-refractivity contribution >= 4 is 38.2 Å². The van der Waals surface area contributed by atoms with E-state index in [1.165, 1.54) is 0 Å². The number of amides is 1. The predicted molar refractivity (Wildman–Crippen MR) is 112 cm³/mol. The molecule has 0 radical (unpaired) electrons. The van der Waals surface area contributed by atoms with Gasteiger partial charge < -0.3 is 16.0 Å². The number of para-hydroxylation sites is 4. The van der Waals surface area contributed by atoms with Crippen LogP contribution < -0.4 is 11.1 Å². The molecule has 0 aliphatic heterocycles. The molecule has 1 amide bonds. The van der Waals surface area contributed by atoms with Gasteiger partial charge in [-0.25, -0.2) is 13.4 Å². The van der Waals surface area contributed by atoms with Crippen LogP contribution in [0.2, 0.25) is 0 Å². The minimum Gasteiger partial charge on any atom is -0.397 e. The van der Waals surface area contributed by atoms with Gasteiger partial charge in [0.25, 0.3) is 5.91 Å². The predicted octanol–water partition coefficient (Wildman–Crippen LogP) is 3.37. The van der Waals surface area contributed by atoms with E-state index in [2.05, 4.69) is 15.3 Å². The molecule has 0 atom stereocenters. The molecular formula is C21H18N4O3S. The molecule has 0 spiro atoms. The van der Waals surface area contributed by atoms with Crippen molar-refractivity contribution in [3.63, 3.8) is 0 Å². The molecule has 0 fully saturated rings. The molecule has 1 aromatic heterocycles. The molecule has 0 saturated carbocycles. The Balaban J connectivity index is 1.50. The van der Waals surface area contributed by atoms with Gasteiger partial charge in [-0.3, -0.25) is 4.79 Å². The van der Waals surface area contributed by atoms with Crippen molar-refractivity contribution in [3.05, 3.63) is 83.9 Å². The van der Waals surface area contributed by atoms with Crippen LogP contribution in [0.5, 0.6) is 0 Å². The normalized spacial score (nSPS) is 11.4. The summed E-state index contributed by atoms with van der Waals surface area (Å²) in [5.41, 5.74) is 9.04. The van der Waals surface area contributed by atoms with Crippen LogP contribution in [0, 0.1) is 0 Å². The van der Waals surface area contributed by atoms with E-state index >= 15 is 0 Å². The Morgan fingerprint density at radius 2 is 1.66 bits per heavy atom. The number of sulfone groups is 1. The highest BCUT2D eigenvalue weighted by Gasteiger charge is 2.20. The summed E-state index contributed by atoms with van der Waals surface area (Å²) in [4.78, 5) is 19.4. The number of carbonyl (C=O) groups excluding carboxylic acids is 1. The molecular weight excluding hydrogens is 388 g/mol. The zero-order valence-corrected chi connectivity index (χ0v) is 16.1. The number of nitrogen functional groups attached to an aromatic ring is 1. The van der Waals surface area contributed by atoms with E-state index in [0.717, 1.165) is 0 Å². The van der Waals surface area contributed by atoms with Crippen LogP contribution >= 0.6 is 0 Å². The van der Waals surface area contributed by atoms with Crippen LogP contribution in [-0.4, -0.2) is 24.3 Å². The summed E-state index contributed by atoms with van der Waals surface area (Å²) >= 11 is 0. The Labute approximate surface area is 167 Å². The van der Waals surface area contributed by atoms with E-state index < -0.39 is 9.84 Å². The summed E-state index contributed by atoms with van der Waals surface area (Å²) < 4.78 is 25.4. The summed E-state index contributed by atoms with van der Waals surface area (Å²) in [6.45, 7) is 0. The third-order valence-corrected chi connectivity index (χ3v) is 5.94. The molecule has 29 heavy (non-hydrogen) atoms. The topological polar surface area (TPSA) is 118 Å². The first-order valence-corrected chi connectivity index (χ1v) is 10.5. The molecule has 0 saturated heterocycles. The Morgan fingerprint density at radius 1 is 0.966 bits per heavy atom. The Hall–Kier alpha value is -3.65. The molecule has 3 aromatic carbocycles. The van der Waals surface area contributed by atoms with Gasteiger partial charge in [0, 0.05) is 5.56 Å². The average Bonchev–Trinajstić information content (AvgIpc) is 3.15. The maximum atomic E-state index is 12.7. The number of aromatic amines is 1. The number of aromatic nitrogens is 2. The van der Waals surface area contributed by atoms with E-state index in [9.17, 15) is 13.2 Å². The number of imidazole rings is 1. The minimum atomic E-state index is -3.65. The summed E-state index contributed by atoms with van der Waals surface area (Å²) in [7, 11) is -3.65. The highest BCUT2D eigenvalue weighted by molar-refractivity contribution is 7.90. The fourth-order valence-electron chi connectivity index (χ4n) is 2.92. The van der Waals surface area contributed by atoms with Crippen LogP contribution in [0.4, 0.5) is 11.4 Å². The average molecular weight is 406 g/mol. The molecule has 4 aromatic rings. The number of nitrogens with one attached hydrogen (secondary N) is 2. The number of carbonyl (C=O) groups is 1. The summed E-state index contributed by atoms with van der Waals surface area (Å²) in [5, 5.41) is 2.67. The number of nitrogens with zero attached hydrogens (tertiary/aromatic N) is 1. The highest BCUT2D eigenvalue weighted by Crippen LogP contribution is 2.20. The maximum absolute atomic E-state index is 12.7. The lowest BCUT2D eigenvalue weighted by Gasteiger charge is -2.08. The Kier molecular flexibility index (Phi) is 4.77. The fourth-order valence-corrected chi connectivity index (χ4v) is 4.19. The van der Waals surface area contributed by atoms with Crippen LogP contribution in [0.1, 0.15) is 15.9 Å². The summed E-state index contributed by atoms with van der Waals surface area (Å²) in [6.07, 6.45) is 0. The van der Waals surface area contributed by atoms with Crippen LogP contribution in [0.15, 0.2) is 78.0 Å². The summed E-state index contributed by atoms with van der Waals surface area (Å²) in [6, 6.07) is 20.5. The van der Waals surface area contributed by atoms with Gasteiger partial charge in [0.05, 0.1) is 28.2 Å². The number of fused-ring (bicyclic) bond motifs is 1. The van der Waals surface area contributed by atoms with Crippen LogP contribution in [0.25, 0.3) is 11.0 Å². The van der Waals surface area contributed by atoms with Gasteiger partial charge in [-0.1, -0.05) is 36.4 Å². The Morgan fingerprint density at radius 3 is 2.38 bits per heavy atom. The van der Waals surface area contributed by atoms with Gasteiger partial charge in [0.2, 0.25) is 15.0 Å². The van der Waals surface area contributed by atoms with Crippen molar-refractivity contribution in [3.8, 4) is 0 Å². The molecule has 7 nitrogen and oxygen atoms in total. The first-order valence-electron chi connectivity index (χ1n) is 8.85. The Bertz CT molecular complexity index is 1260. The standard InChI is InChI=1S/C21H18N4O3S/c22-16-5-1-2-6-17(16)23-20(26)15-11-9-14(10-12-15)13-29(27,28)21-24-18-7-3-4-8-19(18)25-21/h1-12H,13,22H2,(H,23,26)(H,24,25). The van der Waals surface area contributed by atoms with Crippen molar-refractivity contribution in [1.82, 2.24) is 9.97 Å². The molecule has 4 N–H and O–H groups in total. The number of hydrogen-bond acceptors (Lipinski definition) is 5. The third-order valence-electron chi connectivity index (χ3n) is 4.44. The smallest absolute Gasteiger partial charge is 0.255 e. The number of hydrogen-bond donors (Lipinski definition) is 3. The molecule has 0 aliphatic carbocycles. The van der Waals surface area contributed by atoms with Crippen molar-refractivity contribution < 1.29 is 13.2 Å². The third kappa shape index (κ3) is 3.97. The maximum Gasteiger partial charge on any atom is 0.255 e. The van der Waals surface area contributed by atoms with Crippen molar-refractivity contribution in [2.75, 3.05) is 11.1 Å². The quantitative estimate of drug-likeness (QED) is 0.439. The molecule has 0 aliphatic rings. The zero-order chi connectivity index (χ0) is 20.4. The number of nitrogens with two attached hydrogens (primary N) is 1. The molecule has 8 heteroatoms. The van der Waals surface area contributed by atoms with Gasteiger partial charge in [0.15, 0.2) is 0 Å². The molecule has 4 rings (SSSR count). The van der Waals surface area contributed by atoms with Crippen LogP contribution in [-0.2, 0) is 15.6 Å². The second kappa shape index (κ2) is 7.40.